The minimum Gasteiger partial charge on any atom is -0.497 e. The number of morpholine rings is 1. The lowest BCUT2D eigenvalue weighted by atomic mass is 10.1. The van der Waals surface area contributed by atoms with Crippen LogP contribution in [-0.4, -0.2) is 50.9 Å². The van der Waals surface area contributed by atoms with Gasteiger partial charge in [0.2, 0.25) is 0 Å². The summed E-state index contributed by atoms with van der Waals surface area (Å²) >= 11 is 0. The Balaban J connectivity index is 1.69. The van der Waals surface area contributed by atoms with Crippen molar-refractivity contribution in [1.29, 1.82) is 0 Å². The second-order valence-corrected chi connectivity index (χ2v) is 6.13. The molecular weight excluding hydrogens is 264 g/mol. The molecule has 2 rings (SSSR count). The number of nitrogens with zero attached hydrogens (tertiary/aromatic N) is 1. The van der Waals surface area contributed by atoms with E-state index >= 15 is 0 Å². The molecule has 0 unspecified atom stereocenters. The molecular formula is C17H28N2O2. The van der Waals surface area contributed by atoms with E-state index in [-0.39, 0.29) is 0 Å². The molecule has 1 heterocycles. The Bertz CT molecular complexity index is 406. The van der Waals surface area contributed by atoms with E-state index in [1.54, 1.807) is 7.11 Å². The Kier molecular flexibility index (Phi) is 6.49. The van der Waals surface area contributed by atoms with Crippen LogP contribution in [0.4, 0.5) is 0 Å². The van der Waals surface area contributed by atoms with Crippen LogP contribution in [0, 0.1) is 5.92 Å². The maximum atomic E-state index is 5.84. The Hall–Kier alpha value is -1.10. The van der Waals surface area contributed by atoms with Gasteiger partial charge in [0.15, 0.2) is 0 Å². The molecule has 1 fully saturated rings. The number of ether oxygens (including phenoxy) is 2. The molecule has 1 saturated heterocycles. The molecule has 1 aliphatic rings. The summed E-state index contributed by atoms with van der Waals surface area (Å²) in [6.45, 7) is 10.4. The SMILES string of the molecule is COc1ccc(CNC[C@H]2CN(CC(C)C)CCO2)cc1. The molecule has 0 saturated carbocycles. The van der Waals surface area contributed by atoms with Crippen molar-refractivity contribution in [2.45, 2.75) is 26.5 Å². The molecule has 1 atom stereocenters. The molecule has 1 aromatic carbocycles. The molecule has 1 N–H and O–H groups in total. The van der Waals surface area contributed by atoms with Crippen molar-refractivity contribution >= 4 is 0 Å². The first-order valence-corrected chi connectivity index (χ1v) is 7.85. The van der Waals surface area contributed by atoms with E-state index in [4.69, 9.17) is 9.47 Å². The molecule has 118 valence electrons. The molecule has 4 nitrogen and oxygen atoms in total. The van der Waals surface area contributed by atoms with Gasteiger partial charge in [0.05, 0.1) is 19.8 Å². The minimum atomic E-state index is 0.302. The highest BCUT2D eigenvalue weighted by molar-refractivity contribution is 5.26. The van der Waals surface area contributed by atoms with Gasteiger partial charge in [-0.1, -0.05) is 26.0 Å². The Morgan fingerprint density at radius 2 is 2.10 bits per heavy atom. The van der Waals surface area contributed by atoms with Crippen LogP contribution in [0.2, 0.25) is 0 Å². The Labute approximate surface area is 128 Å². The number of hydrogen-bond donors (Lipinski definition) is 1. The lowest BCUT2D eigenvalue weighted by Crippen LogP contribution is -2.47. The summed E-state index contributed by atoms with van der Waals surface area (Å²) < 4.78 is 11.0. The van der Waals surface area contributed by atoms with Crippen molar-refractivity contribution in [3.8, 4) is 5.75 Å². The van der Waals surface area contributed by atoms with Crippen LogP contribution in [0.5, 0.6) is 5.75 Å². The van der Waals surface area contributed by atoms with Gasteiger partial charge in [0.25, 0.3) is 0 Å². The third-order valence-corrected chi connectivity index (χ3v) is 3.71. The predicted molar refractivity (Wildman–Crippen MR) is 85.7 cm³/mol. The number of hydrogen-bond acceptors (Lipinski definition) is 4. The summed E-state index contributed by atoms with van der Waals surface area (Å²) in [4.78, 5) is 2.51. The van der Waals surface area contributed by atoms with Gasteiger partial charge in [-0.05, 0) is 23.6 Å². The van der Waals surface area contributed by atoms with Crippen molar-refractivity contribution in [1.82, 2.24) is 10.2 Å². The van der Waals surface area contributed by atoms with Gasteiger partial charge in [-0.15, -0.1) is 0 Å². The van der Waals surface area contributed by atoms with Gasteiger partial charge in [-0.3, -0.25) is 4.90 Å². The van der Waals surface area contributed by atoms with Crippen LogP contribution >= 0.6 is 0 Å². The lowest BCUT2D eigenvalue weighted by molar-refractivity contribution is -0.0303. The van der Waals surface area contributed by atoms with Crippen LogP contribution in [0.3, 0.4) is 0 Å². The number of rotatable bonds is 7. The van der Waals surface area contributed by atoms with Crippen molar-refractivity contribution in [2.75, 3.05) is 39.9 Å². The van der Waals surface area contributed by atoms with Gasteiger partial charge in [0, 0.05) is 32.7 Å². The Morgan fingerprint density at radius 3 is 2.76 bits per heavy atom. The van der Waals surface area contributed by atoms with Gasteiger partial charge >= 0.3 is 0 Å². The van der Waals surface area contributed by atoms with E-state index in [0.29, 0.717) is 6.10 Å². The van der Waals surface area contributed by atoms with Crippen molar-refractivity contribution < 1.29 is 9.47 Å². The molecule has 1 aliphatic heterocycles. The smallest absolute Gasteiger partial charge is 0.118 e. The zero-order valence-electron chi connectivity index (χ0n) is 13.5. The van der Waals surface area contributed by atoms with E-state index < -0.39 is 0 Å². The topological polar surface area (TPSA) is 33.7 Å². The molecule has 0 radical (unpaired) electrons. The predicted octanol–water partition coefficient (Wildman–Crippen LogP) is 2.14. The van der Waals surface area contributed by atoms with Crippen molar-refractivity contribution in [3.05, 3.63) is 29.8 Å². The second-order valence-electron chi connectivity index (χ2n) is 6.13. The minimum absolute atomic E-state index is 0.302. The molecule has 4 heteroatoms. The van der Waals surface area contributed by atoms with Crippen LogP contribution in [0.25, 0.3) is 0 Å². The fraction of sp³-hybridized carbons (Fsp3) is 0.647. The summed E-state index contributed by atoms with van der Waals surface area (Å²) in [7, 11) is 1.69. The summed E-state index contributed by atoms with van der Waals surface area (Å²) in [5.41, 5.74) is 1.27. The first kappa shape index (κ1) is 16.3. The Morgan fingerprint density at radius 1 is 1.33 bits per heavy atom. The summed E-state index contributed by atoms with van der Waals surface area (Å²) in [5, 5.41) is 3.49. The van der Waals surface area contributed by atoms with Crippen LogP contribution in [0.15, 0.2) is 24.3 Å². The first-order valence-electron chi connectivity index (χ1n) is 7.85. The van der Waals surface area contributed by atoms with E-state index in [9.17, 15) is 0 Å². The lowest BCUT2D eigenvalue weighted by Gasteiger charge is -2.34. The number of methoxy groups -OCH3 is 1. The fourth-order valence-corrected chi connectivity index (χ4v) is 2.71. The molecule has 21 heavy (non-hydrogen) atoms. The van der Waals surface area contributed by atoms with Gasteiger partial charge < -0.3 is 14.8 Å². The third kappa shape index (κ3) is 5.65. The zero-order chi connectivity index (χ0) is 15.1. The molecule has 0 spiro atoms. The zero-order valence-corrected chi connectivity index (χ0v) is 13.5. The number of nitrogens with one attached hydrogen (secondary N) is 1. The van der Waals surface area contributed by atoms with Crippen molar-refractivity contribution in [3.63, 3.8) is 0 Å². The van der Waals surface area contributed by atoms with Crippen LogP contribution < -0.4 is 10.1 Å². The van der Waals surface area contributed by atoms with Crippen LogP contribution in [-0.2, 0) is 11.3 Å². The van der Waals surface area contributed by atoms with Gasteiger partial charge in [-0.2, -0.15) is 0 Å². The van der Waals surface area contributed by atoms with Crippen LogP contribution in [0.1, 0.15) is 19.4 Å². The van der Waals surface area contributed by atoms with Gasteiger partial charge in [0.1, 0.15) is 5.75 Å². The highest BCUT2D eigenvalue weighted by Crippen LogP contribution is 2.11. The van der Waals surface area contributed by atoms with Gasteiger partial charge in [-0.25, -0.2) is 0 Å². The standard InChI is InChI=1S/C17H28N2O2/c1-14(2)12-19-8-9-21-17(13-19)11-18-10-15-4-6-16(20-3)7-5-15/h4-7,14,17-18H,8-13H2,1-3H3/t17-/m0/s1. The monoisotopic (exact) mass is 292 g/mol. The summed E-state index contributed by atoms with van der Waals surface area (Å²) in [5.74, 6) is 1.62. The van der Waals surface area contributed by atoms with E-state index in [0.717, 1.165) is 44.5 Å². The molecule has 1 aromatic rings. The van der Waals surface area contributed by atoms with Crippen molar-refractivity contribution in [2.24, 2.45) is 5.92 Å². The number of benzene rings is 1. The maximum absolute atomic E-state index is 5.84. The molecule has 0 bridgehead atoms. The normalized spacial score (nSPS) is 19.9. The molecule has 0 aliphatic carbocycles. The summed E-state index contributed by atoms with van der Waals surface area (Å²) in [6, 6.07) is 8.19. The highest BCUT2D eigenvalue weighted by atomic mass is 16.5. The maximum Gasteiger partial charge on any atom is 0.118 e. The third-order valence-electron chi connectivity index (χ3n) is 3.71. The average molecular weight is 292 g/mol. The first-order chi connectivity index (χ1) is 10.2. The second kappa shape index (κ2) is 8.37. The van der Waals surface area contributed by atoms with E-state index in [1.807, 2.05) is 12.1 Å². The average Bonchev–Trinajstić information content (AvgIpc) is 2.48. The fourth-order valence-electron chi connectivity index (χ4n) is 2.71. The van der Waals surface area contributed by atoms with E-state index in [2.05, 4.69) is 36.2 Å². The quantitative estimate of drug-likeness (QED) is 0.835. The molecule has 0 aromatic heterocycles. The molecule has 0 amide bonds. The highest BCUT2D eigenvalue weighted by Gasteiger charge is 2.20. The summed E-state index contributed by atoms with van der Waals surface area (Å²) in [6.07, 6.45) is 0.302. The largest absolute Gasteiger partial charge is 0.497 e. The van der Waals surface area contributed by atoms with E-state index in [1.165, 1.54) is 12.1 Å².